The number of piperidine rings is 1. The molecule has 0 aromatic heterocycles. The van der Waals surface area contributed by atoms with Crippen molar-refractivity contribution in [3.05, 3.63) is 29.8 Å². The third-order valence-electron chi connectivity index (χ3n) is 4.25. The second-order valence-corrected chi connectivity index (χ2v) is 5.47. The fourth-order valence-corrected chi connectivity index (χ4v) is 3.30. The summed E-state index contributed by atoms with van der Waals surface area (Å²) >= 11 is 0. The summed E-state index contributed by atoms with van der Waals surface area (Å²) in [6.07, 6.45) is 3.67. The van der Waals surface area contributed by atoms with Gasteiger partial charge in [-0.1, -0.05) is 12.1 Å². The van der Waals surface area contributed by atoms with E-state index < -0.39 is 0 Å². The number of rotatable bonds is 3. The van der Waals surface area contributed by atoms with Gasteiger partial charge in [0.1, 0.15) is 0 Å². The molecule has 1 aromatic rings. The van der Waals surface area contributed by atoms with Gasteiger partial charge in [0.15, 0.2) is 0 Å². The minimum absolute atomic E-state index is 0.380. The van der Waals surface area contributed by atoms with Crippen molar-refractivity contribution in [1.82, 2.24) is 4.90 Å². The molecule has 0 spiro atoms. The van der Waals surface area contributed by atoms with Gasteiger partial charge in [-0.3, -0.25) is 4.90 Å². The van der Waals surface area contributed by atoms with Gasteiger partial charge in [-0.25, -0.2) is 0 Å². The van der Waals surface area contributed by atoms with Crippen LogP contribution in [0.25, 0.3) is 0 Å². The van der Waals surface area contributed by atoms with Crippen molar-refractivity contribution in [2.75, 3.05) is 18.8 Å². The summed E-state index contributed by atoms with van der Waals surface area (Å²) in [7, 11) is 0. The first kappa shape index (κ1) is 11.1. The van der Waals surface area contributed by atoms with E-state index in [2.05, 4.69) is 4.90 Å². The fourth-order valence-electron chi connectivity index (χ4n) is 3.30. The van der Waals surface area contributed by atoms with Crippen LogP contribution in [0.15, 0.2) is 24.3 Å². The lowest BCUT2D eigenvalue weighted by atomic mass is 10.1. The van der Waals surface area contributed by atoms with Crippen molar-refractivity contribution in [2.24, 2.45) is 5.92 Å². The summed E-state index contributed by atoms with van der Waals surface area (Å²) in [5, 5.41) is 10.2. The molecule has 2 aliphatic rings. The maximum atomic E-state index is 10.2. The summed E-state index contributed by atoms with van der Waals surface area (Å²) < 4.78 is 0. The van der Waals surface area contributed by atoms with E-state index in [9.17, 15) is 5.11 Å². The SMILES string of the molecule is Nc1ccc(C(O)CN2CC3CCC2C3)cc1. The standard InChI is InChI=1S/C14H20N2O/c15-12-4-2-11(3-5-12)14(17)9-16-8-10-1-6-13(16)7-10/h2-5,10,13-14,17H,1,6-9,15H2. The number of nitrogen functional groups attached to an aromatic ring is 1. The predicted molar refractivity (Wildman–Crippen MR) is 68.5 cm³/mol. The van der Waals surface area contributed by atoms with Gasteiger partial charge in [-0.2, -0.15) is 0 Å². The zero-order chi connectivity index (χ0) is 11.8. The molecular weight excluding hydrogens is 212 g/mol. The minimum atomic E-state index is -0.380. The highest BCUT2D eigenvalue weighted by atomic mass is 16.3. The van der Waals surface area contributed by atoms with E-state index in [1.165, 1.54) is 25.8 Å². The molecule has 1 saturated carbocycles. The molecule has 3 nitrogen and oxygen atoms in total. The van der Waals surface area contributed by atoms with E-state index in [1.54, 1.807) is 0 Å². The second kappa shape index (κ2) is 4.31. The number of β-amino-alcohol motifs (C(OH)–C–C–N with tert-alkyl or cyclic N) is 1. The van der Waals surface area contributed by atoms with Crippen LogP contribution < -0.4 is 5.73 Å². The van der Waals surface area contributed by atoms with Crippen LogP contribution in [0.1, 0.15) is 30.9 Å². The van der Waals surface area contributed by atoms with Crippen molar-refractivity contribution in [1.29, 1.82) is 0 Å². The van der Waals surface area contributed by atoms with Gasteiger partial charge < -0.3 is 10.8 Å². The van der Waals surface area contributed by atoms with Crippen molar-refractivity contribution in [2.45, 2.75) is 31.4 Å². The molecule has 1 saturated heterocycles. The molecule has 3 heteroatoms. The molecule has 2 bridgehead atoms. The first-order valence-electron chi connectivity index (χ1n) is 6.50. The molecule has 1 heterocycles. The first-order chi connectivity index (χ1) is 8.22. The number of anilines is 1. The topological polar surface area (TPSA) is 49.5 Å². The maximum absolute atomic E-state index is 10.2. The van der Waals surface area contributed by atoms with E-state index >= 15 is 0 Å². The van der Waals surface area contributed by atoms with Crippen molar-refractivity contribution in [3.63, 3.8) is 0 Å². The lowest BCUT2D eigenvalue weighted by Crippen LogP contribution is -2.35. The van der Waals surface area contributed by atoms with Gasteiger partial charge in [-0.15, -0.1) is 0 Å². The summed E-state index contributed by atoms with van der Waals surface area (Å²) in [6, 6.07) is 8.29. The maximum Gasteiger partial charge on any atom is 0.0917 e. The van der Waals surface area contributed by atoms with Gasteiger partial charge in [0.05, 0.1) is 6.10 Å². The Kier molecular flexibility index (Phi) is 2.81. The van der Waals surface area contributed by atoms with Crippen molar-refractivity contribution in [3.8, 4) is 0 Å². The van der Waals surface area contributed by atoms with Crippen LogP contribution in [0, 0.1) is 5.92 Å². The summed E-state index contributed by atoms with van der Waals surface area (Å²) in [5.74, 6) is 0.888. The van der Waals surface area contributed by atoms with Crippen molar-refractivity contribution >= 4 is 5.69 Å². The molecule has 17 heavy (non-hydrogen) atoms. The third kappa shape index (κ3) is 2.17. The highest BCUT2D eigenvalue weighted by molar-refractivity contribution is 5.39. The normalized spacial score (nSPS) is 29.7. The predicted octanol–water partition coefficient (Wildman–Crippen LogP) is 1.79. The van der Waals surface area contributed by atoms with Crippen molar-refractivity contribution < 1.29 is 5.11 Å². The average molecular weight is 232 g/mol. The van der Waals surface area contributed by atoms with E-state index in [1.807, 2.05) is 24.3 Å². The lowest BCUT2D eigenvalue weighted by Gasteiger charge is -2.28. The van der Waals surface area contributed by atoms with Crippen LogP contribution in [0.4, 0.5) is 5.69 Å². The van der Waals surface area contributed by atoms with E-state index in [4.69, 9.17) is 5.73 Å². The number of hydrogen-bond donors (Lipinski definition) is 2. The van der Waals surface area contributed by atoms with E-state index in [0.29, 0.717) is 0 Å². The second-order valence-electron chi connectivity index (χ2n) is 5.47. The number of hydrogen-bond acceptors (Lipinski definition) is 3. The Morgan fingerprint density at radius 2 is 2.06 bits per heavy atom. The molecule has 3 N–H and O–H groups in total. The number of aliphatic hydroxyl groups excluding tert-OH is 1. The molecule has 3 unspecified atom stereocenters. The van der Waals surface area contributed by atoms with Gasteiger partial charge in [0.25, 0.3) is 0 Å². The number of likely N-dealkylation sites (tertiary alicyclic amines) is 1. The molecule has 0 radical (unpaired) electrons. The Balaban J connectivity index is 1.63. The van der Waals surface area contributed by atoms with Gasteiger partial charge >= 0.3 is 0 Å². The molecule has 2 fully saturated rings. The Labute approximate surface area is 102 Å². The first-order valence-corrected chi connectivity index (χ1v) is 6.50. The summed E-state index contributed by atoms with van der Waals surface area (Å²) in [5.41, 5.74) is 7.37. The third-order valence-corrected chi connectivity index (χ3v) is 4.25. The number of benzene rings is 1. The monoisotopic (exact) mass is 232 g/mol. The smallest absolute Gasteiger partial charge is 0.0917 e. The molecular formula is C14H20N2O. The molecule has 1 aromatic carbocycles. The summed E-state index contributed by atoms with van der Waals surface area (Å²) in [6.45, 7) is 1.95. The van der Waals surface area contributed by atoms with Crippen LogP contribution in [-0.2, 0) is 0 Å². The molecule has 3 atom stereocenters. The van der Waals surface area contributed by atoms with Crippen LogP contribution in [-0.4, -0.2) is 29.1 Å². The Morgan fingerprint density at radius 1 is 1.29 bits per heavy atom. The van der Waals surface area contributed by atoms with Gasteiger partial charge in [0.2, 0.25) is 0 Å². The van der Waals surface area contributed by atoms with Gasteiger partial charge in [-0.05, 0) is 42.9 Å². The van der Waals surface area contributed by atoms with Crippen LogP contribution in [0.5, 0.6) is 0 Å². The van der Waals surface area contributed by atoms with Crippen LogP contribution in [0.3, 0.4) is 0 Å². The molecule has 3 rings (SSSR count). The quantitative estimate of drug-likeness (QED) is 0.781. The van der Waals surface area contributed by atoms with E-state index in [0.717, 1.165) is 29.8 Å². The highest BCUT2D eigenvalue weighted by Crippen LogP contribution is 2.38. The minimum Gasteiger partial charge on any atom is -0.399 e. The number of nitrogens with zero attached hydrogens (tertiary/aromatic N) is 1. The zero-order valence-electron chi connectivity index (χ0n) is 10.0. The fraction of sp³-hybridized carbons (Fsp3) is 0.571. The average Bonchev–Trinajstić information content (AvgIpc) is 2.91. The molecule has 92 valence electrons. The van der Waals surface area contributed by atoms with Crippen LogP contribution in [0.2, 0.25) is 0 Å². The number of nitrogens with two attached hydrogens (primary N) is 1. The summed E-state index contributed by atoms with van der Waals surface area (Å²) in [4.78, 5) is 2.45. The lowest BCUT2D eigenvalue weighted by molar-refractivity contribution is 0.0947. The Morgan fingerprint density at radius 3 is 2.65 bits per heavy atom. The van der Waals surface area contributed by atoms with Crippen LogP contribution >= 0.6 is 0 Å². The Bertz CT molecular complexity index is 390. The number of fused-ring (bicyclic) bond motifs is 2. The highest BCUT2D eigenvalue weighted by Gasteiger charge is 2.38. The zero-order valence-corrected chi connectivity index (χ0v) is 10.0. The van der Waals surface area contributed by atoms with E-state index in [-0.39, 0.29) is 6.10 Å². The Hall–Kier alpha value is -1.06. The molecule has 1 aliphatic heterocycles. The molecule has 0 amide bonds. The van der Waals surface area contributed by atoms with Gasteiger partial charge in [0, 0.05) is 24.8 Å². The largest absolute Gasteiger partial charge is 0.399 e. The number of aliphatic hydroxyl groups is 1. The molecule has 1 aliphatic carbocycles.